The minimum Gasteiger partial charge on any atom is -0.340 e. The van der Waals surface area contributed by atoms with Crippen LogP contribution in [0.3, 0.4) is 0 Å². The van der Waals surface area contributed by atoms with Crippen LogP contribution >= 0.6 is 0 Å². The number of hydrogen-bond donors (Lipinski definition) is 0. The molecule has 0 aromatic rings. The van der Waals surface area contributed by atoms with E-state index < -0.39 is 0 Å². The number of nitrogens with zero attached hydrogens (tertiary/aromatic N) is 1. The van der Waals surface area contributed by atoms with E-state index in [9.17, 15) is 9.59 Å². The van der Waals surface area contributed by atoms with Gasteiger partial charge in [-0.2, -0.15) is 0 Å². The van der Waals surface area contributed by atoms with Crippen LogP contribution in [0.1, 0.15) is 90.9 Å². The van der Waals surface area contributed by atoms with Crippen LogP contribution in [0.4, 0.5) is 0 Å². The topological polar surface area (TPSA) is 37.4 Å². The van der Waals surface area contributed by atoms with Crippen LogP contribution in [-0.2, 0) is 9.59 Å². The normalized spacial score (nSPS) is 18.8. The van der Waals surface area contributed by atoms with Crippen LogP contribution in [0.15, 0.2) is 0 Å². The highest BCUT2D eigenvalue weighted by Crippen LogP contribution is 2.18. The molecule has 0 aromatic heterocycles. The van der Waals surface area contributed by atoms with Crippen LogP contribution in [0.25, 0.3) is 0 Å². The van der Waals surface area contributed by atoms with Crippen LogP contribution < -0.4 is 0 Å². The van der Waals surface area contributed by atoms with Gasteiger partial charge in [-0.3, -0.25) is 9.59 Å². The summed E-state index contributed by atoms with van der Waals surface area (Å²) in [5, 5.41) is 0. The van der Waals surface area contributed by atoms with Crippen LogP contribution in [0, 0.1) is 0 Å². The molecule has 1 unspecified atom stereocenters. The lowest BCUT2D eigenvalue weighted by Crippen LogP contribution is -2.42. The maximum Gasteiger partial charge on any atom is 0.230 e. The number of unbranched alkanes of at least 4 members (excludes halogenated alkanes) is 6. The van der Waals surface area contributed by atoms with Crippen molar-refractivity contribution in [2.24, 2.45) is 0 Å². The number of hydrogen-bond acceptors (Lipinski definition) is 2. The Morgan fingerprint density at radius 3 is 2.33 bits per heavy atom. The molecule has 1 amide bonds. The zero-order valence-corrected chi connectivity index (χ0v) is 14.0. The third-order valence-corrected chi connectivity index (χ3v) is 4.53. The van der Waals surface area contributed by atoms with E-state index in [2.05, 4.69) is 13.8 Å². The van der Waals surface area contributed by atoms with E-state index in [1.165, 1.54) is 38.5 Å². The lowest BCUT2D eigenvalue weighted by molar-refractivity contribution is -0.138. The van der Waals surface area contributed by atoms with Crippen molar-refractivity contribution in [1.29, 1.82) is 0 Å². The number of rotatable bonds is 10. The van der Waals surface area contributed by atoms with Gasteiger partial charge < -0.3 is 4.90 Å². The van der Waals surface area contributed by atoms with Crippen molar-refractivity contribution in [1.82, 2.24) is 4.90 Å². The Morgan fingerprint density at radius 1 is 1.00 bits per heavy atom. The minimum absolute atomic E-state index is 0.0511. The zero-order chi connectivity index (χ0) is 15.5. The molecule has 0 saturated carbocycles. The molecule has 1 rings (SSSR count). The van der Waals surface area contributed by atoms with Crippen molar-refractivity contribution in [3.63, 3.8) is 0 Å². The summed E-state index contributed by atoms with van der Waals surface area (Å²) in [6.45, 7) is 5.15. The largest absolute Gasteiger partial charge is 0.340 e. The maximum absolute atomic E-state index is 12.1. The average Bonchev–Trinajstić information content (AvgIpc) is 2.46. The first-order chi connectivity index (χ1) is 10.1. The Labute approximate surface area is 130 Å². The Kier molecular flexibility index (Phi) is 9.36. The number of Topliss-reactive ketones (excluding diaryl/α,β-unsaturated/α-hetero) is 1. The summed E-state index contributed by atoms with van der Waals surface area (Å²) in [6, 6.07) is 0.317. The molecule has 3 heteroatoms. The number of carbonyl (C=O) groups is 2. The Hall–Kier alpha value is -0.860. The fourth-order valence-corrected chi connectivity index (χ4v) is 3.11. The molecule has 1 aliphatic heterocycles. The molecule has 1 saturated heterocycles. The average molecular weight is 295 g/mol. The predicted octanol–water partition coefficient (Wildman–Crippen LogP) is 4.49. The predicted molar refractivity (Wildman–Crippen MR) is 87.3 cm³/mol. The molecule has 0 radical (unpaired) electrons. The standard InChI is InChI=1S/C18H33NO2/c1-3-4-5-6-7-8-9-13-17(20)15-18(21)19-14-11-10-12-16(19)2/h16H,3-15H2,1-2H3. The third-order valence-electron chi connectivity index (χ3n) is 4.53. The van der Waals surface area contributed by atoms with E-state index in [1.54, 1.807) is 0 Å². The fraction of sp³-hybridized carbons (Fsp3) is 0.889. The van der Waals surface area contributed by atoms with Crippen molar-refractivity contribution in [2.45, 2.75) is 96.9 Å². The first-order valence-corrected chi connectivity index (χ1v) is 8.96. The highest BCUT2D eigenvalue weighted by Gasteiger charge is 2.24. The monoisotopic (exact) mass is 295 g/mol. The van der Waals surface area contributed by atoms with Gasteiger partial charge in [-0.05, 0) is 32.6 Å². The van der Waals surface area contributed by atoms with Crippen molar-refractivity contribution >= 4 is 11.7 Å². The van der Waals surface area contributed by atoms with Gasteiger partial charge in [-0.1, -0.05) is 45.4 Å². The number of ketones is 1. The molecule has 0 N–H and O–H groups in total. The van der Waals surface area contributed by atoms with E-state index in [4.69, 9.17) is 0 Å². The summed E-state index contributed by atoms with van der Waals surface area (Å²) < 4.78 is 0. The molecule has 21 heavy (non-hydrogen) atoms. The molecule has 3 nitrogen and oxygen atoms in total. The first-order valence-electron chi connectivity index (χ1n) is 8.96. The molecule has 1 heterocycles. The Balaban J connectivity index is 2.08. The van der Waals surface area contributed by atoms with E-state index in [0.29, 0.717) is 12.5 Å². The molecule has 122 valence electrons. The van der Waals surface area contributed by atoms with Gasteiger partial charge in [0.15, 0.2) is 0 Å². The molecule has 0 spiro atoms. The van der Waals surface area contributed by atoms with Gasteiger partial charge in [0.1, 0.15) is 5.78 Å². The van der Waals surface area contributed by atoms with Crippen molar-refractivity contribution in [3.05, 3.63) is 0 Å². The second-order valence-electron chi connectivity index (χ2n) is 6.52. The SMILES string of the molecule is CCCCCCCCCC(=O)CC(=O)N1CCCCC1C. The highest BCUT2D eigenvalue weighted by molar-refractivity contribution is 5.98. The van der Waals surface area contributed by atoms with E-state index in [-0.39, 0.29) is 18.1 Å². The summed E-state index contributed by atoms with van der Waals surface area (Å²) >= 11 is 0. The summed E-state index contributed by atoms with van der Waals surface area (Å²) in [5.74, 6) is 0.182. The lowest BCUT2D eigenvalue weighted by atomic mass is 10.0. The van der Waals surface area contributed by atoms with Crippen molar-refractivity contribution in [3.8, 4) is 0 Å². The summed E-state index contributed by atoms with van der Waals surface area (Å²) in [4.78, 5) is 25.9. The molecule has 0 bridgehead atoms. The number of amides is 1. The van der Waals surface area contributed by atoms with Gasteiger partial charge in [0, 0.05) is 19.0 Å². The molecular weight excluding hydrogens is 262 g/mol. The molecule has 0 aliphatic carbocycles. The quantitative estimate of drug-likeness (QED) is 0.440. The van der Waals surface area contributed by atoms with Crippen molar-refractivity contribution in [2.75, 3.05) is 6.54 Å². The van der Waals surface area contributed by atoms with Crippen LogP contribution in [0.5, 0.6) is 0 Å². The van der Waals surface area contributed by atoms with Gasteiger partial charge in [-0.25, -0.2) is 0 Å². The van der Waals surface area contributed by atoms with E-state index in [0.717, 1.165) is 32.2 Å². The van der Waals surface area contributed by atoms with Gasteiger partial charge in [0.05, 0.1) is 6.42 Å². The third kappa shape index (κ3) is 7.63. The smallest absolute Gasteiger partial charge is 0.230 e. The molecule has 1 atom stereocenters. The second-order valence-corrected chi connectivity index (χ2v) is 6.52. The number of carbonyl (C=O) groups excluding carboxylic acids is 2. The van der Waals surface area contributed by atoms with Gasteiger partial charge >= 0.3 is 0 Å². The minimum atomic E-state index is 0.0511. The molecule has 1 aliphatic rings. The van der Waals surface area contributed by atoms with Crippen LogP contribution in [-0.4, -0.2) is 29.2 Å². The summed E-state index contributed by atoms with van der Waals surface area (Å²) in [7, 11) is 0. The molecule has 1 fully saturated rings. The van der Waals surface area contributed by atoms with E-state index in [1.807, 2.05) is 4.90 Å². The van der Waals surface area contributed by atoms with Gasteiger partial charge in [0.2, 0.25) is 5.91 Å². The second kappa shape index (κ2) is 10.8. The van der Waals surface area contributed by atoms with Crippen LogP contribution in [0.2, 0.25) is 0 Å². The Bertz CT molecular complexity index is 314. The summed E-state index contributed by atoms with van der Waals surface area (Å²) in [6.07, 6.45) is 12.6. The highest BCUT2D eigenvalue weighted by atomic mass is 16.2. The summed E-state index contributed by atoms with van der Waals surface area (Å²) in [5.41, 5.74) is 0. The zero-order valence-electron chi connectivity index (χ0n) is 14.0. The fourth-order valence-electron chi connectivity index (χ4n) is 3.11. The first kappa shape index (κ1) is 18.2. The van der Waals surface area contributed by atoms with Gasteiger partial charge in [0.25, 0.3) is 0 Å². The lowest BCUT2D eigenvalue weighted by Gasteiger charge is -2.33. The van der Waals surface area contributed by atoms with Gasteiger partial charge in [-0.15, -0.1) is 0 Å². The molecular formula is C18H33NO2. The number of likely N-dealkylation sites (tertiary alicyclic amines) is 1. The maximum atomic E-state index is 12.1. The molecule has 0 aromatic carbocycles. The number of piperidine rings is 1. The Morgan fingerprint density at radius 2 is 1.67 bits per heavy atom. The van der Waals surface area contributed by atoms with E-state index >= 15 is 0 Å². The van der Waals surface area contributed by atoms with Crippen molar-refractivity contribution < 1.29 is 9.59 Å².